The van der Waals surface area contributed by atoms with Crippen molar-refractivity contribution in [2.45, 2.75) is 6.92 Å². The van der Waals surface area contributed by atoms with Crippen molar-refractivity contribution >= 4 is 32.3 Å². The summed E-state index contributed by atoms with van der Waals surface area (Å²) in [6.07, 6.45) is 0. The Bertz CT molecular complexity index is 516. The van der Waals surface area contributed by atoms with Crippen LogP contribution in [0.1, 0.15) is 12.5 Å². The van der Waals surface area contributed by atoms with Gasteiger partial charge in [0.25, 0.3) is 0 Å². The van der Waals surface area contributed by atoms with Crippen LogP contribution in [0.15, 0.2) is 18.7 Å². The van der Waals surface area contributed by atoms with E-state index in [-0.39, 0.29) is 5.82 Å². The van der Waals surface area contributed by atoms with E-state index >= 15 is 0 Å². The first kappa shape index (κ1) is 9.15. The van der Waals surface area contributed by atoms with E-state index < -0.39 is 0 Å². The maximum absolute atomic E-state index is 13.3. The molecule has 0 aliphatic heterocycles. The molecule has 1 heterocycles. The normalized spacial score (nSPS) is 10.7. The molecule has 72 valence electrons. The number of anilines is 1. The molecule has 1 aromatic heterocycles. The molecule has 4 heteroatoms. The number of fused-ring (bicyclic) bond motifs is 1. The minimum Gasteiger partial charge on any atom is -0.375 e. The molecular weight excluding hydrogens is 199 g/mol. The Hall–Kier alpha value is -1.42. The zero-order valence-electron chi connectivity index (χ0n) is 7.67. The zero-order chi connectivity index (χ0) is 10.3. The average Bonchev–Trinajstić information content (AvgIpc) is 2.47. The molecule has 0 bridgehead atoms. The number of benzene rings is 1. The van der Waals surface area contributed by atoms with Gasteiger partial charge in [-0.3, -0.25) is 0 Å². The van der Waals surface area contributed by atoms with Crippen LogP contribution in [0, 0.1) is 5.82 Å². The first-order valence-electron chi connectivity index (χ1n) is 4.10. The highest BCUT2D eigenvalue weighted by Gasteiger charge is 2.11. The monoisotopic (exact) mass is 208 g/mol. The van der Waals surface area contributed by atoms with Crippen molar-refractivity contribution in [3.63, 3.8) is 0 Å². The molecule has 2 aromatic rings. The summed E-state index contributed by atoms with van der Waals surface area (Å²) in [6, 6.07) is 3.10. The van der Waals surface area contributed by atoms with Gasteiger partial charge in [-0.15, -0.1) is 0 Å². The number of hydrogen-bond acceptors (Lipinski definition) is 3. The van der Waals surface area contributed by atoms with Gasteiger partial charge in [0.1, 0.15) is 5.82 Å². The van der Waals surface area contributed by atoms with E-state index in [1.807, 2.05) is 6.92 Å². The zero-order valence-corrected chi connectivity index (χ0v) is 8.49. The fourth-order valence-electron chi connectivity index (χ4n) is 1.34. The summed E-state index contributed by atoms with van der Waals surface area (Å²) in [5, 5.41) is 0.382. The minimum atomic E-state index is -0.279. The second-order valence-corrected chi connectivity index (χ2v) is 4.14. The van der Waals surface area contributed by atoms with Gasteiger partial charge in [0.05, 0.1) is 10.2 Å². The van der Waals surface area contributed by atoms with Crippen LogP contribution in [0.25, 0.3) is 15.8 Å². The van der Waals surface area contributed by atoms with Gasteiger partial charge in [0.15, 0.2) is 5.13 Å². The Morgan fingerprint density at radius 3 is 2.93 bits per heavy atom. The maximum Gasteiger partial charge on any atom is 0.181 e. The number of nitrogens with zero attached hydrogens (tertiary/aromatic N) is 1. The van der Waals surface area contributed by atoms with Gasteiger partial charge in [-0.2, -0.15) is 0 Å². The van der Waals surface area contributed by atoms with E-state index in [2.05, 4.69) is 11.6 Å². The van der Waals surface area contributed by atoms with Crippen molar-refractivity contribution in [3.8, 4) is 0 Å². The smallest absolute Gasteiger partial charge is 0.181 e. The van der Waals surface area contributed by atoms with Crippen LogP contribution in [-0.4, -0.2) is 4.98 Å². The van der Waals surface area contributed by atoms with Crippen LogP contribution < -0.4 is 5.73 Å². The molecule has 14 heavy (non-hydrogen) atoms. The molecule has 0 unspecified atom stereocenters. The summed E-state index contributed by atoms with van der Waals surface area (Å²) < 4.78 is 13.8. The molecule has 0 fully saturated rings. The van der Waals surface area contributed by atoms with Crippen LogP contribution >= 0.6 is 11.3 Å². The average molecular weight is 208 g/mol. The second kappa shape index (κ2) is 3.06. The van der Waals surface area contributed by atoms with Gasteiger partial charge in [0, 0.05) is 5.56 Å². The van der Waals surface area contributed by atoms with Gasteiger partial charge in [-0.05, 0) is 24.6 Å². The van der Waals surface area contributed by atoms with E-state index in [1.165, 1.54) is 6.07 Å². The molecule has 0 saturated carbocycles. The maximum atomic E-state index is 13.3. The van der Waals surface area contributed by atoms with Crippen LogP contribution in [0.2, 0.25) is 0 Å². The summed E-state index contributed by atoms with van der Waals surface area (Å²) >= 11 is 1.16. The number of rotatable bonds is 1. The summed E-state index contributed by atoms with van der Waals surface area (Å²) in [7, 11) is 0. The van der Waals surface area contributed by atoms with Crippen LogP contribution in [0.3, 0.4) is 0 Å². The SMILES string of the molecule is C=C(C)c1ccc(F)c2sc(N)nc12. The van der Waals surface area contributed by atoms with Gasteiger partial charge in [-0.25, -0.2) is 9.37 Å². The molecule has 0 aliphatic carbocycles. The van der Waals surface area contributed by atoms with Crippen LogP contribution in [0.5, 0.6) is 0 Å². The minimum absolute atomic E-state index is 0.279. The first-order chi connectivity index (χ1) is 6.59. The van der Waals surface area contributed by atoms with Crippen molar-refractivity contribution < 1.29 is 4.39 Å². The van der Waals surface area contributed by atoms with E-state index in [0.29, 0.717) is 15.3 Å². The molecule has 0 spiro atoms. The molecule has 2 N–H and O–H groups in total. The third kappa shape index (κ3) is 1.28. The predicted molar refractivity (Wildman–Crippen MR) is 58.7 cm³/mol. The van der Waals surface area contributed by atoms with Crippen molar-refractivity contribution in [1.29, 1.82) is 0 Å². The quantitative estimate of drug-likeness (QED) is 0.782. The van der Waals surface area contributed by atoms with Crippen molar-refractivity contribution in [3.05, 3.63) is 30.1 Å². The number of aromatic nitrogens is 1. The highest BCUT2D eigenvalue weighted by Crippen LogP contribution is 2.31. The first-order valence-corrected chi connectivity index (χ1v) is 4.91. The number of thiazole rings is 1. The van der Waals surface area contributed by atoms with Crippen molar-refractivity contribution in [2.24, 2.45) is 0 Å². The Morgan fingerprint density at radius 1 is 1.57 bits per heavy atom. The number of allylic oxidation sites excluding steroid dienone is 1. The lowest BCUT2D eigenvalue weighted by Gasteiger charge is -2.00. The van der Waals surface area contributed by atoms with Gasteiger partial charge in [-0.1, -0.05) is 17.9 Å². The molecule has 0 saturated heterocycles. The van der Waals surface area contributed by atoms with Crippen LogP contribution in [0.4, 0.5) is 9.52 Å². The fraction of sp³-hybridized carbons (Fsp3) is 0.100. The number of hydrogen-bond donors (Lipinski definition) is 1. The molecule has 2 nitrogen and oxygen atoms in total. The lowest BCUT2D eigenvalue weighted by atomic mass is 10.1. The lowest BCUT2D eigenvalue weighted by molar-refractivity contribution is 0.641. The summed E-state index contributed by atoms with van der Waals surface area (Å²) in [5.74, 6) is -0.279. The Kier molecular flexibility index (Phi) is 2.00. The fourth-order valence-corrected chi connectivity index (χ4v) is 2.10. The highest BCUT2D eigenvalue weighted by atomic mass is 32.1. The largest absolute Gasteiger partial charge is 0.375 e. The third-order valence-corrected chi connectivity index (χ3v) is 2.86. The lowest BCUT2D eigenvalue weighted by Crippen LogP contribution is -1.85. The Balaban J connectivity index is 2.87. The molecule has 2 rings (SSSR count). The van der Waals surface area contributed by atoms with Gasteiger partial charge in [0.2, 0.25) is 0 Å². The summed E-state index contributed by atoms with van der Waals surface area (Å²) in [5.41, 5.74) is 7.87. The second-order valence-electron chi connectivity index (χ2n) is 3.11. The van der Waals surface area contributed by atoms with Crippen molar-refractivity contribution in [2.75, 3.05) is 5.73 Å². The number of nitrogen functional groups attached to an aromatic ring is 1. The summed E-state index contributed by atoms with van der Waals surface area (Å²) in [6.45, 7) is 5.68. The van der Waals surface area contributed by atoms with E-state index in [9.17, 15) is 4.39 Å². The van der Waals surface area contributed by atoms with E-state index in [0.717, 1.165) is 22.5 Å². The molecule has 0 atom stereocenters. The number of halogens is 1. The van der Waals surface area contributed by atoms with E-state index in [1.54, 1.807) is 6.07 Å². The topological polar surface area (TPSA) is 38.9 Å². The standard InChI is InChI=1S/C10H9FN2S/c1-5(2)6-3-4-7(11)9-8(6)13-10(12)14-9/h3-4H,1H2,2H3,(H2,12,13). The molecular formula is C10H9FN2S. The Labute approximate surface area is 84.9 Å². The third-order valence-electron chi connectivity index (χ3n) is 1.97. The molecule has 0 amide bonds. The number of nitrogens with two attached hydrogens (primary N) is 1. The van der Waals surface area contributed by atoms with Gasteiger partial charge >= 0.3 is 0 Å². The van der Waals surface area contributed by atoms with Gasteiger partial charge < -0.3 is 5.73 Å². The Morgan fingerprint density at radius 2 is 2.29 bits per heavy atom. The highest BCUT2D eigenvalue weighted by molar-refractivity contribution is 7.22. The summed E-state index contributed by atoms with van der Waals surface area (Å²) in [4.78, 5) is 4.09. The molecule has 1 aromatic carbocycles. The molecule has 0 radical (unpaired) electrons. The van der Waals surface area contributed by atoms with E-state index in [4.69, 9.17) is 5.73 Å². The molecule has 0 aliphatic rings. The van der Waals surface area contributed by atoms with Crippen molar-refractivity contribution in [1.82, 2.24) is 4.98 Å². The predicted octanol–water partition coefficient (Wildman–Crippen LogP) is 3.05. The van der Waals surface area contributed by atoms with Crippen LogP contribution in [-0.2, 0) is 0 Å².